The van der Waals surface area contributed by atoms with Crippen LogP contribution in [0.2, 0.25) is 0 Å². The summed E-state index contributed by atoms with van der Waals surface area (Å²) in [6, 6.07) is 4.57. The Kier molecular flexibility index (Phi) is 5.95. The van der Waals surface area contributed by atoms with Gasteiger partial charge in [0.05, 0.1) is 18.8 Å². The van der Waals surface area contributed by atoms with Crippen molar-refractivity contribution < 1.29 is 8.81 Å². The maximum Gasteiger partial charge on any atom is 0.192 e. The lowest BCUT2D eigenvalue weighted by Gasteiger charge is -2.10. The molecule has 0 radical (unpaired) electrons. The number of aromatic nitrogens is 1. The summed E-state index contributed by atoms with van der Waals surface area (Å²) in [6.45, 7) is 5.65. The van der Waals surface area contributed by atoms with Crippen LogP contribution in [-0.4, -0.2) is 31.6 Å². The molecule has 0 bridgehead atoms. The van der Waals surface area contributed by atoms with Crippen LogP contribution in [0.1, 0.15) is 23.9 Å². The van der Waals surface area contributed by atoms with Gasteiger partial charge in [-0.3, -0.25) is 0 Å². The van der Waals surface area contributed by atoms with Gasteiger partial charge in [-0.15, -0.1) is 11.3 Å². The van der Waals surface area contributed by atoms with E-state index >= 15 is 0 Å². The molecule has 3 aromatic rings. The Morgan fingerprint density at radius 1 is 1.33 bits per heavy atom. The summed E-state index contributed by atoms with van der Waals surface area (Å²) in [5, 5.41) is 10.3. The molecule has 0 fully saturated rings. The number of fused-ring (bicyclic) bond motifs is 1. The first-order valence-electron chi connectivity index (χ1n) is 8.79. The van der Waals surface area contributed by atoms with Crippen molar-refractivity contribution in [3.8, 4) is 0 Å². The predicted octanol–water partition coefficient (Wildman–Crippen LogP) is 3.66. The number of thiazole rings is 1. The number of hydrogen-bond acceptors (Lipinski definition) is 5. The number of furan rings is 1. The van der Waals surface area contributed by atoms with E-state index < -0.39 is 0 Å². The molecule has 2 heterocycles. The van der Waals surface area contributed by atoms with Crippen LogP contribution in [0.3, 0.4) is 0 Å². The minimum Gasteiger partial charge on any atom is -0.459 e. The van der Waals surface area contributed by atoms with E-state index in [1.807, 2.05) is 38.2 Å². The van der Waals surface area contributed by atoms with Crippen molar-refractivity contribution in [2.24, 2.45) is 4.99 Å². The van der Waals surface area contributed by atoms with Gasteiger partial charge in [0.15, 0.2) is 11.1 Å². The zero-order chi connectivity index (χ0) is 19.4. The first-order chi connectivity index (χ1) is 13.0. The Balaban J connectivity index is 1.69. The number of nitrogens with one attached hydrogen (secondary N) is 2. The summed E-state index contributed by atoms with van der Waals surface area (Å²) >= 11 is 1.60. The van der Waals surface area contributed by atoms with Crippen LogP contribution in [0.25, 0.3) is 11.0 Å². The molecule has 0 aliphatic carbocycles. The summed E-state index contributed by atoms with van der Waals surface area (Å²) in [5.41, 5.74) is 2.55. The van der Waals surface area contributed by atoms with Gasteiger partial charge in [0.25, 0.3) is 0 Å². The minimum atomic E-state index is -0.263. The molecule has 0 aliphatic heterocycles. The van der Waals surface area contributed by atoms with Crippen LogP contribution >= 0.6 is 11.3 Å². The SMILES string of the molecule is CCNC(=NCc1csc(N(C)C)n1)NCc1oc2ccc(F)cc2c1C. The lowest BCUT2D eigenvalue weighted by atomic mass is 10.1. The minimum absolute atomic E-state index is 0.263. The van der Waals surface area contributed by atoms with Gasteiger partial charge in [-0.25, -0.2) is 14.4 Å². The molecule has 6 nitrogen and oxygen atoms in total. The summed E-state index contributed by atoms with van der Waals surface area (Å²) in [4.78, 5) is 11.1. The van der Waals surface area contributed by atoms with Crippen molar-refractivity contribution in [2.75, 3.05) is 25.5 Å². The Labute approximate surface area is 162 Å². The quantitative estimate of drug-likeness (QED) is 0.498. The molecule has 0 spiro atoms. The fourth-order valence-electron chi connectivity index (χ4n) is 2.65. The molecule has 3 rings (SSSR count). The van der Waals surface area contributed by atoms with E-state index in [2.05, 4.69) is 20.6 Å². The van der Waals surface area contributed by atoms with E-state index in [1.54, 1.807) is 17.4 Å². The second-order valence-electron chi connectivity index (χ2n) is 6.36. The van der Waals surface area contributed by atoms with E-state index in [1.165, 1.54) is 12.1 Å². The third kappa shape index (κ3) is 4.57. The number of guanidine groups is 1. The number of benzene rings is 1. The Hall–Kier alpha value is -2.61. The van der Waals surface area contributed by atoms with E-state index in [9.17, 15) is 4.39 Å². The molecular formula is C19H24FN5OS. The van der Waals surface area contributed by atoms with E-state index in [0.29, 0.717) is 24.6 Å². The smallest absolute Gasteiger partial charge is 0.192 e. The van der Waals surface area contributed by atoms with Crippen LogP contribution in [-0.2, 0) is 13.1 Å². The summed E-state index contributed by atoms with van der Waals surface area (Å²) in [7, 11) is 3.94. The van der Waals surface area contributed by atoms with Crippen molar-refractivity contribution in [1.29, 1.82) is 0 Å². The number of rotatable bonds is 6. The summed E-state index contributed by atoms with van der Waals surface area (Å²) in [5.74, 6) is 1.19. The Bertz CT molecular complexity index is 947. The van der Waals surface area contributed by atoms with Crippen molar-refractivity contribution in [3.05, 3.63) is 46.4 Å². The van der Waals surface area contributed by atoms with Crippen LogP contribution in [0.15, 0.2) is 33.0 Å². The topological polar surface area (TPSA) is 65.7 Å². The van der Waals surface area contributed by atoms with Gasteiger partial charge in [-0.1, -0.05) is 0 Å². The second kappa shape index (κ2) is 8.39. The number of hydrogen-bond donors (Lipinski definition) is 2. The van der Waals surface area contributed by atoms with E-state index in [0.717, 1.165) is 34.1 Å². The Morgan fingerprint density at radius 3 is 2.85 bits per heavy atom. The highest BCUT2D eigenvalue weighted by atomic mass is 32.1. The number of aryl methyl sites for hydroxylation is 1. The fraction of sp³-hybridized carbons (Fsp3) is 0.368. The third-order valence-corrected chi connectivity index (χ3v) is 5.14. The van der Waals surface area contributed by atoms with Crippen LogP contribution in [0.5, 0.6) is 0 Å². The van der Waals surface area contributed by atoms with Crippen LogP contribution in [0.4, 0.5) is 9.52 Å². The van der Waals surface area contributed by atoms with Gasteiger partial charge in [-0.2, -0.15) is 0 Å². The van der Waals surface area contributed by atoms with Gasteiger partial charge in [-0.05, 0) is 32.0 Å². The fourth-order valence-corrected chi connectivity index (χ4v) is 3.40. The van der Waals surface area contributed by atoms with Gasteiger partial charge in [0.2, 0.25) is 0 Å². The number of halogens is 1. The molecule has 0 aliphatic rings. The van der Waals surface area contributed by atoms with Gasteiger partial charge < -0.3 is 20.0 Å². The maximum atomic E-state index is 13.5. The lowest BCUT2D eigenvalue weighted by Crippen LogP contribution is -2.36. The molecule has 0 unspecified atom stereocenters. The molecule has 8 heteroatoms. The monoisotopic (exact) mass is 389 g/mol. The third-order valence-electron chi connectivity index (χ3n) is 4.08. The zero-order valence-corrected chi connectivity index (χ0v) is 16.8. The molecule has 0 saturated carbocycles. The highest BCUT2D eigenvalue weighted by Crippen LogP contribution is 2.25. The molecule has 1 aromatic carbocycles. The van der Waals surface area contributed by atoms with Crippen molar-refractivity contribution in [2.45, 2.75) is 26.9 Å². The van der Waals surface area contributed by atoms with E-state index in [4.69, 9.17) is 4.42 Å². The molecule has 144 valence electrons. The van der Waals surface area contributed by atoms with Crippen molar-refractivity contribution in [3.63, 3.8) is 0 Å². The van der Waals surface area contributed by atoms with Gasteiger partial charge in [0, 0.05) is 37.0 Å². The summed E-state index contributed by atoms with van der Waals surface area (Å²) < 4.78 is 19.3. The van der Waals surface area contributed by atoms with Crippen molar-refractivity contribution >= 4 is 33.4 Å². The normalized spacial score (nSPS) is 11.8. The molecule has 2 aromatic heterocycles. The number of anilines is 1. The van der Waals surface area contributed by atoms with Crippen LogP contribution < -0.4 is 15.5 Å². The average Bonchev–Trinajstić information content (AvgIpc) is 3.23. The predicted molar refractivity (Wildman–Crippen MR) is 109 cm³/mol. The molecule has 2 N–H and O–H groups in total. The lowest BCUT2D eigenvalue weighted by molar-refractivity contribution is 0.534. The molecule has 0 saturated heterocycles. The Morgan fingerprint density at radius 2 is 2.15 bits per heavy atom. The number of nitrogens with zero attached hydrogens (tertiary/aromatic N) is 3. The highest BCUT2D eigenvalue weighted by Gasteiger charge is 2.12. The average molecular weight is 390 g/mol. The second-order valence-corrected chi connectivity index (χ2v) is 7.19. The van der Waals surface area contributed by atoms with Gasteiger partial charge in [0.1, 0.15) is 17.2 Å². The molecular weight excluding hydrogens is 365 g/mol. The van der Waals surface area contributed by atoms with Gasteiger partial charge >= 0.3 is 0 Å². The summed E-state index contributed by atoms with van der Waals surface area (Å²) in [6.07, 6.45) is 0. The molecule has 0 atom stereocenters. The molecule has 27 heavy (non-hydrogen) atoms. The van der Waals surface area contributed by atoms with E-state index in [-0.39, 0.29) is 5.82 Å². The van der Waals surface area contributed by atoms with Crippen LogP contribution in [0, 0.1) is 12.7 Å². The number of aliphatic imine (C=N–C) groups is 1. The largest absolute Gasteiger partial charge is 0.459 e. The zero-order valence-electron chi connectivity index (χ0n) is 16.0. The molecule has 0 amide bonds. The maximum absolute atomic E-state index is 13.5. The highest BCUT2D eigenvalue weighted by molar-refractivity contribution is 7.13. The first kappa shape index (κ1) is 19.2. The van der Waals surface area contributed by atoms with Crippen molar-refractivity contribution in [1.82, 2.24) is 15.6 Å². The standard InChI is InChI=1S/C19H24FN5OS/c1-5-21-18(22-9-14-11-27-19(24-14)25(3)4)23-10-17-12(2)15-8-13(20)6-7-16(15)26-17/h6-8,11H,5,9-10H2,1-4H3,(H2,21,22,23). The first-order valence-corrected chi connectivity index (χ1v) is 9.67.